The number of hydrogen-bond donors (Lipinski definition) is 0. The number of hydrogen-bond acceptors (Lipinski definition) is 4. The monoisotopic (exact) mass is 297 g/mol. The average Bonchev–Trinajstić information content (AvgIpc) is 2.47. The summed E-state index contributed by atoms with van der Waals surface area (Å²) in [5.74, 6) is -2.21. The van der Waals surface area contributed by atoms with E-state index in [4.69, 9.17) is 4.74 Å². The Morgan fingerprint density at radius 2 is 2.24 bits per heavy atom. The summed E-state index contributed by atoms with van der Waals surface area (Å²) in [6.07, 6.45) is 1.68. The summed E-state index contributed by atoms with van der Waals surface area (Å²) in [6, 6.07) is 0.794. The molecule has 2 aliphatic rings. The number of nitrogens with zero attached hydrogens (tertiary/aromatic N) is 3. The highest BCUT2D eigenvalue weighted by atomic mass is 19.1. The standard InChI is InChI=1S/C14H17F2N3O2/c1-18-4-5-21-12-2-3-19(8-11(12)18)14(20)13-10(16)6-9(15)7-17-13/h6-7,11-12H,2-5,8H2,1H3/t11-,12+/m0/s1. The number of amides is 1. The molecule has 0 radical (unpaired) electrons. The lowest BCUT2D eigenvalue weighted by atomic mass is 9.99. The molecule has 1 aromatic rings. The molecule has 5 nitrogen and oxygen atoms in total. The fraction of sp³-hybridized carbons (Fsp3) is 0.571. The zero-order valence-corrected chi connectivity index (χ0v) is 11.8. The first-order chi connectivity index (χ1) is 10.1. The van der Waals surface area contributed by atoms with Crippen LogP contribution in [0.1, 0.15) is 16.9 Å². The van der Waals surface area contributed by atoms with Crippen LogP contribution in [0.4, 0.5) is 8.78 Å². The molecule has 0 unspecified atom stereocenters. The van der Waals surface area contributed by atoms with Gasteiger partial charge in [-0.25, -0.2) is 13.8 Å². The zero-order valence-electron chi connectivity index (χ0n) is 11.8. The molecule has 0 aliphatic carbocycles. The van der Waals surface area contributed by atoms with Crippen molar-refractivity contribution < 1.29 is 18.3 Å². The third-order valence-corrected chi connectivity index (χ3v) is 4.16. The van der Waals surface area contributed by atoms with E-state index in [1.54, 1.807) is 4.90 Å². The first-order valence-electron chi connectivity index (χ1n) is 6.98. The molecule has 2 fully saturated rings. The third-order valence-electron chi connectivity index (χ3n) is 4.16. The van der Waals surface area contributed by atoms with E-state index in [1.807, 2.05) is 7.05 Å². The summed E-state index contributed by atoms with van der Waals surface area (Å²) in [5.41, 5.74) is -0.325. The van der Waals surface area contributed by atoms with Crippen LogP contribution in [-0.4, -0.2) is 66.1 Å². The van der Waals surface area contributed by atoms with Crippen LogP contribution in [0.5, 0.6) is 0 Å². The summed E-state index contributed by atoms with van der Waals surface area (Å²) in [6.45, 7) is 2.47. The fourth-order valence-corrected chi connectivity index (χ4v) is 2.95. The Bertz CT molecular complexity index is 555. The van der Waals surface area contributed by atoms with Crippen LogP contribution in [0.3, 0.4) is 0 Å². The molecule has 0 bridgehead atoms. The van der Waals surface area contributed by atoms with Gasteiger partial charge in [0.1, 0.15) is 5.82 Å². The van der Waals surface area contributed by atoms with Gasteiger partial charge in [-0.15, -0.1) is 0 Å². The summed E-state index contributed by atoms with van der Waals surface area (Å²) < 4.78 is 32.3. The van der Waals surface area contributed by atoms with E-state index in [0.717, 1.165) is 12.7 Å². The highest BCUT2D eigenvalue weighted by Crippen LogP contribution is 2.23. The molecule has 0 spiro atoms. The van der Waals surface area contributed by atoms with Gasteiger partial charge in [0.05, 0.1) is 24.9 Å². The van der Waals surface area contributed by atoms with Crippen molar-refractivity contribution in [2.24, 2.45) is 0 Å². The normalized spacial score (nSPS) is 26.5. The first-order valence-corrected chi connectivity index (χ1v) is 6.98. The van der Waals surface area contributed by atoms with Crippen LogP contribution in [0.15, 0.2) is 12.3 Å². The second-order valence-corrected chi connectivity index (χ2v) is 5.48. The molecule has 114 valence electrons. The van der Waals surface area contributed by atoms with E-state index in [9.17, 15) is 13.6 Å². The number of likely N-dealkylation sites (N-methyl/N-ethyl adjacent to an activating group) is 1. The van der Waals surface area contributed by atoms with Gasteiger partial charge in [0.15, 0.2) is 11.5 Å². The Morgan fingerprint density at radius 3 is 3.00 bits per heavy atom. The molecule has 1 amide bonds. The second-order valence-electron chi connectivity index (χ2n) is 5.48. The molecule has 1 aromatic heterocycles. The lowest BCUT2D eigenvalue weighted by Crippen LogP contribution is -2.59. The first kappa shape index (κ1) is 14.3. The second kappa shape index (κ2) is 5.65. The Morgan fingerprint density at radius 1 is 1.43 bits per heavy atom. The number of likely N-dealkylation sites (tertiary alicyclic amines) is 1. The van der Waals surface area contributed by atoms with Crippen molar-refractivity contribution >= 4 is 5.91 Å². The number of aromatic nitrogens is 1. The van der Waals surface area contributed by atoms with Crippen molar-refractivity contribution in [3.05, 3.63) is 29.6 Å². The number of halogens is 2. The van der Waals surface area contributed by atoms with Gasteiger partial charge in [-0.05, 0) is 13.5 Å². The number of morpholine rings is 1. The van der Waals surface area contributed by atoms with Gasteiger partial charge in [-0.3, -0.25) is 9.69 Å². The van der Waals surface area contributed by atoms with E-state index < -0.39 is 17.5 Å². The van der Waals surface area contributed by atoms with Gasteiger partial charge >= 0.3 is 0 Å². The molecule has 7 heteroatoms. The molecular weight excluding hydrogens is 280 g/mol. The minimum atomic E-state index is -0.921. The van der Waals surface area contributed by atoms with Gasteiger partial charge in [0, 0.05) is 25.7 Å². The Labute approximate surface area is 121 Å². The van der Waals surface area contributed by atoms with Crippen molar-refractivity contribution in [1.82, 2.24) is 14.8 Å². The van der Waals surface area contributed by atoms with E-state index in [1.165, 1.54) is 0 Å². The highest BCUT2D eigenvalue weighted by molar-refractivity contribution is 5.92. The lowest BCUT2D eigenvalue weighted by molar-refractivity contribution is -0.0894. The van der Waals surface area contributed by atoms with Crippen LogP contribution in [0.25, 0.3) is 0 Å². The SMILES string of the molecule is CN1CCO[C@@H]2CCN(C(=O)c3ncc(F)cc3F)C[C@@H]21. The molecule has 0 N–H and O–H groups in total. The minimum Gasteiger partial charge on any atom is -0.375 e. The van der Waals surface area contributed by atoms with Crippen molar-refractivity contribution in [2.75, 3.05) is 33.3 Å². The number of piperidine rings is 1. The Balaban J connectivity index is 1.76. The maximum atomic E-state index is 13.7. The minimum absolute atomic E-state index is 0.110. The lowest BCUT2D eigenvalue weighted by Gasteiger charge is -2.45. The molecule has 0 saturated carbocycles. The number of rotatable bonds is 1. The molecule has 2 atom stereocenters. The smallest absolute Gasteiger partial charge is 0.275 e. The van der Waals surface area contributed by atoms with Gasteiger partial charge in [-0.2, -0.15) is 0 Å². The van der Waals surface area contributed by atoms with E-state index in [0.29, 0.717) is 32.2 Å². The van der Waals surface area contributed by atoms with Crippen LogP contribution in [0.2, 0.25) is 0 Å². The molecular formula is C14H17F2N3O2. The largest absolute Gasteiger partial charge is 0.375 e. The van der Waals surface area contributed by atoms with Crippen LogP contribution in [-0.2, 0) is 4.74 Å². The van der Waals surface area contributed by atoms with Crippen LogP contribution < -0.4 is 0 Å². The van der Waals surface area contributed by atoms with E-state index >= 15 is 0 Å². The average molecular weight is 297 g/mol. The van der Waals surface area contributed by atoms with Crippen molar-refractivity contribution in [1.29, 1.82) is 0 Å². The predicted octanol–water partition coefficient (Wildman–Crippen LogP) is 0.905. The van der Waals surface area contributed by atoms with Gasteiger partial charge in [0.25, 0.3) is 5.91 Å². The topological polar surface area (TPSA) is 45.7 Å². The number of fused-ring (bicyclic) bond motifs is 1. The summed E-state index contributed by atoms with van der Waals surface area (Å²) >= 11 is 0. The van der Waals surface area contributed by atoms with Crippen molar-refractivity contribution in [3.63, 3.8) is 0 Å². The van der Waals surface area contributed by atoms with E-state index in [-0.39, 0.29) is 17.8 Å². The zero-order chi connectivity index (χ0) is 15.0. The van der Waals surface area contributed by atoms with Gasteiger partial charge < -0.3 is 9.64 Å². The summed E-state index contributed by atoms with van der Waals surface area (Å²) in [5, 5.41) is 0. The Hall–Kier alpha value is -1.60. The highest BCUT2D eigenvalue weighted by Gasteiger charge is 2.37. The summed E-state index contributed by atoms with van der Waals surface area (Å²) in [4.78, 5) is 19.7. The number of carbonyl (C=O) groups excluding carboxylic acids is 1. The molecule has 3 heterocycles. The molecule has 0 aromatic carbocycles. The van der Waals surface area contributed by atoms with Crippen LogP contribution >= 0.6 is 0 Å². The maximum absolute atomic E-state index is 13.7. The third kappa shape index (κ3) is 2.75. The molecule has 2 saturated heterocycles. The quantitative estimate of drug-likeness (QED) is 0.773. The van der Waals surface area contributed by atoms with E-state index in [2.05, 4.69) is 9.88 Å². The molecule has 2 aliphatic heterocycles. The molecule has 21 heavy (non-hydrogen) atoms. The van der Waals surface area contributed by atoms with Gasteiger partial charge in [-0.1, -0.05) is 0 Å². The predicted molar refractivity (Wildman–Crippen MR) is 70.8 cm³/mol. The van der Waals surface area contributed by atoms with Crippen molar-refractivity contribution in [2.45, 2.75) is 18.6 Å². The number of carbonyl (C=O) groups is 1. The van der Waals surface area contributed by atoms with Crippen LogP contribution in [0, 0.1) is 11.6 Å². The number of ether oxygens (including phenoxy) is 1. The number of pyridine rings is 1. The molecule has 3 rings (SSSR count). The van der Waals surface area contributed by atoms with Gasteiger partial charge in [0.2, 0.25) is 0 Å². The van der Waals surface area contributed by atoms with Crippen molar-refractivity contribution in [3.8, 4) is 0 Å². The Kier molecular flexibility index (Phi) is 3.86. The summed E-state index contributed by atoms with van der Waals surface area (Å²) in [7, 11) is 1.99. The fourth-order valence-electron chi connectivity index (χ4n) is 2.95. The maximum Gasteiger partial charge on any atom is 0.275 e.